The minimum atomic E-state index is -0.382. The molecule has 0 saturated heterocycles. The molecule has 23 heavy (non-hydrogen) atoms. The van der Waals surface area contributed by atoms with E-state index in [0.29, 0.717) is 0 Å². The van der Waals surface area contributed by atoms with E-state index in [2.05, 4.69) is 0 Å². The molecule has 0 unspecified atom stereocenters. The second kappa shape index (κ2) is 6.48. The highest BCUT2D eigenvalue weighted by Gasteiger charge is 2.25. The lowest BCUT2D eigenvalue weighted by atomic mass is 10.1. The summed E-state index contributed by atoms with van der Waals surface area (Å²) in [6, 6.07) is 17.7. The van der Waals surface area contributed by atoms with Crippen molar-refractivity contribution in [3.63, 3.8) is 0 Å². The molecule has 0 aliphatic carbocycles. The van der Waals surface area contributed by atoms with Gasteiger partial charge in [-0.1, -0.05) is 48.5 Å². The summed E-state index contributed by atoms with van der Waals surface area (Å²) < 4.78 is 8.91. The zero-order valence-electron chi connectivity index (χ0n) is 13.3. The number of imidazole rings is 1. The van der Waals surface area contributed by atoms with Crippen molar-refractivity contribution in [1.29, 1.82) is 0 Å². The van der Waals surface area contributed by atoms with Gasteiger partial charge in [-0.15, -0.1) is 4.57 Å². The summed E-state index contributed by atoms with van der Waals surface area (Å²) in [5.41, 5.74) is 3.09. The SMILES string of the molecule is Cc1ccccc1-c1n(C(=O)OCc2ccccc2)cc[n+]1C. The van der Waals surface area contributed by atoms with Gasteiger partial charge < -0.3 is 4.74 Å². The van der Waals surface area contributed by atoms with Gasteiger partial charge in [0.25, 0.3) is 5.82 Å². The molecule has 0 bridgehead atoms. The number of aromatic nitrogens is 2. The van der Waals surface area contributed by atoms with Gasteiger partial charge in [-0.05, 0) is 24.1 Å². The molecule has 4 heteroatoms. The minimum Gasteiger partial charge on any atom is -0.426 e. The first-order valence-corrected chi connectivity index (χ1v) is 7.51. The highest BCUT2D eigenvalue weighted by Crippen LogP contribution is 2.20. The van der Waals surface area contributed by atoms with Gasteiger partial charge >= 0.3 is 6.09 Å². The highest BCUT2D eigenvalue weighted by molar-refractivity contribution is 5.76. The van der Waals surface area contributed by atoms with Crippen LogP contribution in [0.5, 0.6) is 0 Å². The Morgan fingerprint density at radius 2 is 1.78 bits per heavy atom. The van der Waals surface area contributed by atoms with Crippen LogP contribution in [0.25, 0.3) is 11.4 Å². The van der Waals surface area contributed by atoms with Gasteiger partial charge in [-0.2, -0.15) is 4.79 Å². The lowest BCUT2D eigenvalue weighted by Crippen LogP contribution is -2.30. The minimum absolute atomic E-state index is 0.259. The Morgan fingerprint density at radius 3 is 2.52 bits per heavy atom. The number of carbonyl (C=O) groups excluding carboxylic acids is 1. The number of aryl methyl sites for hydroxylation is 2. The number of benzene rings is 2. The zero-order valence-corrected chi connectivity index (χ0v) is 13.3. The molecule has 0 radical (unpaired) electrons. The normalized spacial score (nSPS) is 10.5. The van der Waals surface area contributed by atoms with Crippen molar-refractivity contribution in [2.45, 2.75) is 13.5 Å². The third-order valence-corrected chi connectivity index (χ3v) is 3.79. The smallest absolute Gasteiger partial charge is 0.426 e. The number of hydrogen-bond donors (Lipinski definition) is 0. The van der Waals surface area contributed by atoms with E-state index in [4.69, 9.17) is 4.74 Å². The largest absolute Gasteiger partial charge is 0.512 e. The van der Waals surface area contributed by atoms with E-state index in [9.17, 15) is 4.79 Å². The van der Waals surface area contributed by atoms with Crippen LogP contribution >= 0.6 is 0 Å². The molecule has 0 aliphatic rings. The van der Waals surface area contributed by atoms with Crippen molar-refractivity contribution in [2.24, 2.45) is 7.05 Å². The Kier molecular flexibility index (Phi) is 4.24. The standard InChI is InChI=1S/C19H19N2O2/c1-15-8-6-7-11-17(15)18-20(2)12-13-21(18)19(22)23-14-16-9-4-3-5-10-16/h3-13H,14H2,1-2H3/q+1. The number of nitrogens with zero attached hydrogens (tertiary/aromatic N) is 2. The summed E-state index contributed by atoms with van der Waals surface area (Å²) in [6.07, 6.45) is 3.20. The summed E-state index contributed by atoms with van der Waals surface area (Å²) in [4.78, 5) is 12.5. The van der Waals surface area contributed by atoms with Crippen molar-refractivity contribution in [3.8, 4) is 11.4 Å². The van der Waals surface area contributed by atoms with Crippen molar-refractivity contribution in [2.75, 3.05) is 0 Å². The molecule has 0 fully saturated rings. The van der Waals surface area contributed by atoms with E-state index in [0.717, 1.165) is 22.5 Å². The van der Waals surface area contributed by atoms with Gasteiger partial charge in [-0.25, -0.2) is 4.57 Å². The quantitative estimate of drug-likeness (QED) is 0.695. The lowest BCUT2D eigenvalue weighted by Gasteiger charge is -2.06. The molecule has 3 rings (SSSR count). The summed E-state index contributed by atoms with van der Waals surface area (Å²) in [7, 11) is 1.92. The average Bonchev–Trinajstić information content (AvgIpc) is 2.96. The molecule has 0 N–H and O–H groups in total. The molecule has 4 nitrogen and oxygen atoms in total. The van der Waals surface area contributed by atoms with Crippen LogP contribution in [0.3, 0.4) is 0 Å². The lowest BCUT2D eigenvalue weighted by molar-refractivity contribution is -0.659. The van der Waals surface area contributed by atoms with Crippen LogP contribution in [-0.2, 0) is 18.4 Å². The maximum atomic E-state index is 12.5. The molecule has 1 aromatic heterocycles. The predicted molar refractivity (Wildman–Crippen MR) is 87.8 cm³/mol. The summed E-state index contributed by atoms with van der Waals surface area (Å²) in [6.45, 7) is 2.29. The van der Waals surface area contributed by atoms with Gasteiger partial charge in [0.15, 0.2) is 0 Å². The topological polar surface area (TPSA) is 35.1 Å². The van der Waals surface area contributed by atoms with E-state index in [1.807, 2.05) is 79.3 Å². The molecule has 2 aromatic carbocycles. The van der Waals surface area contributed by atoms with Gasteiger partial charge in [0, 0.05) is 0 Å². The Morgan fingerprint density at radius 1 is 1.09 bits per heavy atom. The summed E-state index contributed by atoms with van der Waals surface area (Å²) >= 11 is 0. The second-order valence-corrected chi connectivity index (χ2v) is 5.46. The number of rotatable bonds is 3. The fourth-order valence-electron chi connectivity index (χ4n) is 2.56. The van der Waals surface area contributed by atoms with E-state index in [-0.39, 0.29) is 12.7 Å². The van der Waals surface area contributed by atoms with E-state index in [1.165, 1.54) is 0 Å². The summed E-state index contributed by atoms with van der Waals surface area (Å²) in [5.74, 6) is 0.807. The monoisotopic (exact) mass is 307 g/mol. The predicted octanol–water partition coefficient (Wildman–Crippen LogP) is 3.47. The van der Waals surface area contributed by atoms with Crippen molar-refractivity contribution in [1.82, 2.24) is 4.57 Å². The first-order chi connectivity index (χ1) is 11.2. The molecule has 1 heterocycles. The molecular formula is C19H19N2O2+. The van der Waals surface area contributed by atoms with Crippen molar-refractivity contribution in [3.05, 3.63) is 78.1 Å². The van der Waals surface area contributed by atoms with E-state index >= 15 is 0 Å². The van der Waals surface area contributed by atoms with Crippen molar-refractivity contribution >= 4 is 6.09 Å². The number of ether oxygens (including phenoxy) is 1. The van der Waals surface area contributed by atoms with Gasteiger partial charge in [0.05, 0.1) is 12.6 Å². The fourth-order valence-corrected chi connectivity index (χ4v) is 2.56. The molecule has 116 valence electrons. The first kappa shape index (κ1) is 15.0. The van der Waals surface area contributed by atoms with Crippen LogP contribution < -0.4 is 4.57 Å². The third-order valence-electron chi connectivity index (χ3n) is 3.79. The first-order valence-electron chi connectivity index (χ1n) is 7.51. The molecular weight excluding hydrogens is 288 g/mol. The Bertz CT molecular complexity index is 822. The number of hydrogen-bond acceptors (Lipinski definition) is 2. The van der Waals surface area contributed by atoms with Crippen LogP contribution in [0.1, 0.15) is 11.1 Å². The average molecular weight is 307 g/mol. The third kappa shape index (κ3) is 3.16. The van der Waals surface area contributed by atoms with E-state index in [1.54, 1.807) is 10.8 Å². The zero-order chi connectivity index (χ0) is 16.2. The van der Waals surface area contributed by atoms with Crippen LogP contribution in [0, 0.1) is 6.92 Å². The van der Waals surface area contributed by atoms with E-state index < -0.39 is 0 Å². The fraction of sp³-hybridized carbons (Fsp3) is 0.158. The maximum Gasteiger partial charge on any atom is 0.512 e. The molecule has 0 atom stereocenters. The van der Waals surface area contributed by atoms with Gasteiger partial charge in [-0.3, -0.25) is 0 Å². The second-order valence-electron chi connectivity index (χ2n) is 5.46. The Labute approximate surface area is 135 Å². The molecule has 0 saturated carbocycles. The Balaban J connectivity index is 1.86. The number of carbonyl (C=O) groups is 1. The molecule has 0 aliphatic heterocycles. The van der Waals surface area contributed by atoms with Crippen LogP contribution in [-0.4, -0.2) is 10.7 Å². The maximum absolute atomic E-state index is 12.5. The Hall–Kier alpha value is -2.88. The van der Waals surface area contributed by atoms with Crippen LogP contribution in [0.15, 0.2) is 67.0 Å². The van der Waals surface area contributed by atoms with Gasteiger partial charge in [0.1, 0.15) is 19.0 Å². The summed E-state index contributed by atoms with van der Waals surface area (Å²) in [5, 5.41) is 0. The molecule has 0 amide bonds. The van der Waals surface area contributed by atoms with Crippen LogP contribution in [0.2, 0.25) is 0 Å². The van der Waals surface area contributed by atoms with Crippen LogP contribution in [0.4, 0.5) is 4.79 Å². The van der Waals surface area contributed by atoms with Gasteiger partial charge in [0.2, 0.25) is 0 Å². The highest BCUT2D eigenvalue weighted by atomic mass is 16.5. The molecule has 0 spiro atoms. The van der Waals surface area contributed by atoms with Crippen molar-refractivity contribution < 1.29 is 14.1 Å². The molecule has 3 aromatic rings.